The third-order valence-corrected chi connectivity index (χ3v) is 3.41. The summed E-state index contributed by atoms with van der Waals surface area (Å²) in [6.07, 6.45) is -0.821. The first-order valence-corrected chi connectivity index (χ1v) is 6.91. The molecule has 1 heterocycles. The van der Waals surface area contributed by atoms with E-state index in [-0.39, 0.29) is 12.4 Å². The van der Waals surface area contributed by atoms with Gasteiger partial charge in [-0.3, -0.25) is 0 Å². The molecule has 1 N–H and O–H groups in total. The molecule has 0 amide bonds. The minimum atomic E-state index is -0.821. The molecule has 0 spiro atoms. The van der Waals surface area contributed by atoms with Crippen molar-refractivity contribution in [3.05, 3.63) is 65.5 Å². The number of benzene rings is 2. The van der Waals surface area contributed by atoms with E-state index < -0.39 is 6.10 Å². The Morgan fingerprint density at radius 1 is 1.18 bits per heavy atom. The van der Waals surface area contributed by atoms with Crippen molar-refractivity contribution in [2.75, 3.05) is 0 Å². The first-order valence-electron chi connectivity index (χ1n) is 6.91. The Kier molecular flexibility index (Phi) is 3.93. The number of aliphatic hydroxyl groups excluding tert-OH is 1. The van der Waals surface area contributed by atoms with Gasteiger partial charge >= 0.3 is 0 Å². The van der Waals surface area contributed by atoms with E-state index >= 15 is 0 Å². The Morgan fingerprint density at radius 2 is 1.95 bits per heavy atom. The molecule has 0 fully saturated rings. The molecule has 0 aliphatic carbocycles. The zero-order valence-corrected chi connectivity index (χ0v) is 12.0. The lowest BCUT2D eigenvalue weighted by molar-refractivity contribution is 0.144. The van der Waals surface area contributed by atoms with Crippen LogP contribution in [-0.4, -0.2) is 25.3 Å². The molecule has 3 aromatic rings. The number of aliphatic hydroxyl groups is 1. The van der Waals surface area contributed by atoms with Crippen LogP contribution in [0.25, 0.3) is 11.4 Å². The van der Waals surface area contributed by atoms with E-state index in [0.29, 0.717) is 17.0 Å². The van der Waals surface area contributed by atoms with E-state index in [1.54, 1.807) is 13.0 Å². The van der Waals surface area contributed by atoms with Crippen LogP contribution >= 0.6 is 0 Å². The highest BCUT2D eigenvalue weighted by molar-refractivity contribution is 5.52. The molecular formula is C16H15FN4O. The summed E-state index contributed by atoms with van der Waals surface area (Å²) in [6.45, 7) is 1.91. The molecule has 1 atom stereocenters. The molecule has 0 aliphatic rings. The van der Waals surface area contributed by atoms with Crippen molar-refractivity contribution < 1.29 is 9.50 Å². The Balaban J connectivity index is 1.77. The van der Waals surface area contributed by atoms with Gasteiger partial charge < -0.3 is 5.11 Å². The van der Waals surface area contributed by atoms with Crippen LogP contribution in [-0.2, 0) is 6.54 Å². The van der Waals surface area contributed by atoms with Crippen LogP contribution in [0.5, 0.6) is 0 Å². The second kappa shape index (κ2) is 6.03. The molecule has 0 saturated heterocycles. The van der Waals surface area contributed by atoms with E-state index in [2.05, 4.69) is 15.4 Å². The van der Waals surface area contributed by atoms with Crippen molar-refractivity contribution in [3.63, 3.8) is 0 Å². The van der Waals surface area contributed by atoms with Gasteiger partial charge in [0.1, 0.15) is 11.9 Å². The zero-order chi connectivity index (χ0) is 15.5. The zero-order valence-electron chi connectivity index (χ0n) is 12.0. The maximum atomic E-state index is 13.1. The lowest BCUT2D eigenvalue weighted by Gasteiger charge is -2.12. The molecule has 0 bridgehead atoms. The molecule has 1 aromatic heterocycles. The second-order valence-electron chi connectivity index (χ2n) is 5.05. The predicted octanol–water partition coefficient (Wildman–Crippen LogP) is 2.52. The van der Waals surface area contributed by atoms with Crippen molar-refractivity contribution in [1.82, 2.24) is 20.2 Å². The highest BCUT2D eigenvalue weighted by Gasteiger charge is 2.14. The van der Waals surface area contributed by atoms with Crippen molar-refractivity contribution in [2.45, 2.75) is 19.6 Å². The molecule has 1 unspecified atom stereocenters. The smallest absolute Gasteiger partial charge is 0.204 e. The molecule has 0 aliphatic heterocycles. The Labute approximate surface area is 127 Å². The number of halogens is 1. The summed E-state index contributed by atoms with van der Waals surface area (Å²) >= 11 is 0. The molecule has 3 rings (SSSR count). The maximum absolute atomic E-state index is 13.1. The third-order valence-electron chi connectivity index (χ3n) is 3.41. The summed E-state index contributed by atoms with van der Waals surface area (Å²) < 4.78 is 13.1. The fourth-order valence-corrected chi connectivity index (χ4v) is 2.29. The number of nitrogens with zero attached hydrogens (tertiary/aromatic N) is 4. The molecular weight excluding hydrogens is 283 g/mol. The van der Waals surface area contributed by atoms with Crippen molar-refractivity contribution in [2.24, 2.45) is 0 Å². The van der Waals surface area contributed by atoms with Crippen molar-refractivity contribution in [1.29, 1.82) is 0 Å². The topological polar surface area (TPSA) is 63.8 Å². The fourth-order valence-electron chi connectivity index (χ4n) is 2.29. The second-order valence-corrected chi connectivity index (χ2v) is 5.05. The number of aryl methyl sites for hydroxylation is 1. The first-order chi connectivity index (χ1) is 10.6. The van der Waals surface area contributed by atoms with Crippen LogP contribution in [0, 0.1) is 12.7 Å². The van der Waals surface area contributed by atoms with Crippen LogP contribution in [0.15, 0.2) is 48.5 Å². The Morgan fingerprint density at radius 3 is 2.68 bits per heavy atom. The molecule has 0 saturated carbocycles. The molecule has 0 radical (unpaired) electrons. The van der Waals surface area contributed by atoms with Gasteiger partial charge in [-0.05, 0) is 35.4 Å². The van der Waals surface area contributed by atoms with Crippen LogP contribution in [0.4, 0.5) is 4.39 Å². The van der Waals surface area contributed by atoms with Crippen LogP contribution in [0.3, 0.4) is 0 Å². The van der Waals surface area contributed by atoms with Gasteiger partial charge in [-0.15, -0.1) is 10.2 Å². The van der Waals surface area contributed by atoms with E-state index in [4.69, 9.17) is 0 Å². The molecule has 2 aromatic carbocycles. The summed E-state index contributed by atoms with van der Waals surface area (Å²) in [5.74, 6) is 0.183. The Hall–Kier alpha value is -2.60. The third kappa shape index (κ3) is 3.01. The van der Waals surface area contributed by atoms with Crippen LogP contribution in [0.2, 0.25) is 0 Å². The van der Waals surface area contributed by atoms with Gasteiger partial charge in [-0.25, -0.2) is 4.39 Å². The van der Waals surface area contributed by atoms with E-state index in [1.165, 1.54) is 16.9 Å². The summed E-state index contributed by atoms with van der Waals surface area (Å²) in [6, 6.07) is 13.8. The van der Waals surface area contributed by atoms with E-state index in [9.17, 15) is 9.50 Å². The normalized spacial score (nSPS) is 12.3. The van der Waals surface area contributed by atoms with Crippen LogP contribution in [0.1, 0.15) is 17.2 Å². The SMILES string of the molecule is Cc1cc(F)ccc1C(O)Cn1nnc(-c2ccccc2)n1. The summed E-state index contributed by atoms with van der Waals surface area (Å²) in [5, 5.41) is 22.5. The average Bonchev–Trinajstić information content (AvgIpc) is 2.96. The summed E-state index contributed by atoms with van der Waals surface area (Å²) in [5.41, 5.74) is 2.21. The van der Waals surface area contributed by atoms with Gasteiger partial charge in [-0.1, -0.05) is 36.4 Å². The van der Waals surface area contributed by atoms with E-state index in [0.717, 1.165) is 5.56 Å². The first kappa shape index (κ1) is 14.3. The number of tetrazole rings is 1. The standard InChI is InChI=1S/C16H15FN4O/c1-11-9-13(17)7-8-14(11)15(22)10-21-19-16(18-20-21)12-5-3-2-4-6-12/h2-9,15,22H,10H2,1H3. The summed E-state index contributed by atoms with van der Waals surface area (Å²) in [4.78, 5) is 1.34. The monoisotopic (exact) mass is 298 g/mol. The molecule has 5 nitrogen and oxygen atoms in total. The highest BCUT2D eigenvalue weighted by atomic mass is 19.1. The number of hydrogen-bond donors (Lipinski definition) is 1. The van der Waals surface area contributed by atoms with E-state index in [1.807, 2.05) is 30.3 Å². The lowest BCUT2D eigenvalue weighted by Crippen LogP contribution is -2.12. The van der Waals surface area contributed by atoms with Gasteiger partial charge in [0.05, 0.1) is 6.54 Å². The number of rotatable bonds is 4. The fraction of sp³-hybridized carbons (Fsp3) is 0.188. The molecule has 112 valence electrons. The number of hydrogen-bond acceptors (Lipinski definition) is 4. The molecule has 6 heteroatoms. The predicted molar refractivity (Wildman–Crippen MR) is 79.3 cm³/mol. The average molecular weight is 298 g/mol. The summed E-state index contributed by atoms with van der Waals surface area (Å²) in [7, 11) is 0. The van der Waals surface area contributed by atoms with Gasteiger partial charge in [0.2, 0.25) is 5.82 Å². The minimum Gasteiger partial charge on any atom is -0.386 e. The number of aromatic nitrogens is 4. The highest BCUT2D eigenvalue weighted by Crippen LogP contribution is 2.20. The van der Waals surface area contributed by atoms with Gasteiger partial charge in [0.25, 0.3) is 0 Å². The minimum absolute atomic E-state index is 0.159. The van der Waals surface area contributed by atoms with Crippen molar-refractivity contribution >= 4 is 0 Å². The van der Waals surface area contributed by atoms with Gasteiger partial charge in [0, 0.05) is 5.56 Å². The van der Waals surface area contributed by atoms with Crippen LogP contribution < -0.4 is 0 Å². The van der Waals surface area contributed by atoms with Crippen molar-refractivity contribution in [3.8, 4) is 11.4 Å². The van der Waals surface area contributed by atoms with Gasteiger partial charge in [0.15, 0.2) is 0 Å². The van der Waals surface area contributed by atoms with Gasteiger partial charge in [-0.2, -0.15) is 4.80 Å². The lowest BCUT2D eigenvalue weighted by atomic mass is 10.0. The largest absolute Gasteiger partial charge is 0.386 e. The quantitative estimate of drug-likeness (QED) is 0.804. The molecule has 22 heavy (non-hydrogen) atoms. The Bertz CT molecular complexity index is 773. The maximum Gasteiger partial charge on any atom is 0.204 e.